The minimum atomic E-state index is -0.945. The Morgan fingerprint density at radius 1 is 1.29 bits per heavy atom. The van der Waals surface area contributed by atoms with Crippen LogP contribution in [0.5, 0.6) is 0 Å². The maximum atomic E-state index is 10.5. The summed E-state index contributed by atoms with van der Waals surface area (Å²) in [5.41, 5.74) is 1.00. The summed E-state index contributed by atoms with van der Waals surface area (Å²) in [6.07, 6.45) is 0.431. The number of hydrogen-bond acceptors (Lipinski definition) is 2. The van der Waals surface area contributed by atoms with Crippen LogP contribution in [0.25, 0.3) is 0 Å². The fourth-order valence-electron chi connectivity index (χ4n) is 0.917. The molecule has 0 atom stereocenters. The average molecular weight is 190 g/mol. The fraction of sp³-hybridized carbons (Fsp3) is 0.182. The van der Waals surface area contributed by atoms with E-state index in [2.05, 4.69) is 11.8 Å². The molecule has 0 spiro atoms. The van der Waals surface area contributed by atoms with Crippen molar-refractivity contribution in [1.29, 1.82) is 0 Å². The first-order valence-electron chi connectivity index (χ1n) is 4.17. The van der Waals surface area contributed by atoms with Crippen LogP contribution in [-0.4, -0.2) is 22.8 Å². The third-order valence-corrected chi connectivity index (χ3v) is 1.60. The SMILES string of the molecule is O=C(O)c1ccc(C#CCCO)cc1. The first-order valence-corrected chi connectivity index (χ1v) is 4.17. The molecular formula is C11H10O3. The predicted octanol–water partition coefficient (Wildman–Crippen LogP) is 1.12. The molecule has 72 valence electrons. The second kappa shape index (κ2) is 5.05. The van der Waals surface area contributed by atoms with Crippen LogP contribution in [0.3, 0.4) is 0 Å². The summed E-state index contributed by atoms with van der Waals surface area (Å²) < 4.78 is 0. The van der Waals surface area contributed by atoms with Crippen LogP contribution in [0, 0.1) is 11.8 Å². The maximum Gasteiger partial charge on any atom is 0.335 e. The number of hydrogen-bond donors (Lipinski definition) is 2. The number of rotatable bonds is 2. The molecule has 1 aromatic carbocycles. The van der Waals surface area contributed by atoms with E-state index in [0.29, 0.717) is 6.42 Å². The molecule has 1 aromatic rings. The lowest BCUT2D eigenvalue weighted by atomic mass is 10.1. The minimum absolute atomic E-state index is 0.0419. The van der Waals surface area contributed by atoms with Crippen LogP contribution in [0.15, 0.2) is 24.3 Å². The molecule has 0 aliphatic rings. The van der Waals surface area contributed by atoms with Gasteiger partial charge in [-0.3, -0.25) is 0 Å². The summed E-state index contributed by atoms with van der Waals surface area (Å²) in [5.74, 6) is 4.62. The Morgan fingerprint density at radius 3 is 2.43 bits per heavy atom. The van der Waals surface area contributed by atoms with Crippen LogP contribution in [0.4, 0.5) is 0 Å². The monoisotopic (exact) mass is 190 g/mol. The Hall–Kier alpha value is -1.79. The summed E-state index contributed by atoms with van der Waals surface area (Å²) in [5, 5.41) is 17.1. The number of aromatic carboxylic acids is 1. The lowest BCUT2D eigenvalue weighted by molar-refractivity contribution is 0.0697. The van der Waals surface area contributed by atoms with E-state index in [1.165, 1.54) is 12.1 Å². The van der Waals surface area contributed by atoms with Crippen molar-refractivity contribution in [1.82, 2.24) is 0 Å². The lowest BCUT2D eigenvalue weighted by Gasteiger charge is -1.93. The van der Waals surface area contributed by atoms with E-state index in [1.807, 2.05) is 0 Å². The minimum Gasteiger partial charge on any atom is -0.478 e. The van der Waals surface area contributed by atoms with Gasteiger partial charge in [0.2, 0.25) is 0 Å². The molecule has 3 nitrogen and oxygen atoms in total. The van der Waals surface area contributed by atoms with Crippen LogP contribution in [0.2, 0.25) is 0 Å². The molecule has 0 unspecified atom stereocenters. The molecule has 0 aliphatic heterocycles. The van der Waals surface area contributed by atoms with Crippen molar-refractivity contribution in [2.75, 3.05) is 6.61 Å². The quantitative estimate of drug-likeness (QED) is 0.687. The molecule has 0 aliphatic carbocycles. The highest BCUT2D eigenvalue weighted by Gasteiger charge is 1.99. The second-order valence-corrected chi connectivity index (χ2v) is 2.66. The summed E-state index contributed by atoms with van der Waals surface area (Å²) in [6, 6.07) is 6.30. The van der Waals surface area contributed by atoms with Crippen molar-refractivity contribution in [2.24, 2.45) is 0 Å². The standard InChI is InChI=1S/C11H10O3/c12-8-2-1-3-9-4-6-10(7-5-9)11(13)14/h4-7,12H,2,8H2,(H,13,14). The molecule has 1 rings (SSSR count). The molecule has 0 radical (unpaired) electrons. The number of carboxylic acids is 1. The Kier molecular flexibility index (Phi) is 3.71. The molecule has 0 amide bonds. The van der Waals surface area contributed by atoms with E-state index in [-0.39, 0.29) is 12.2 Å². The highest BCUT2D eigenvalue weighted by molar-refractivity contribution is 5.87. The molecule has 0 bridgehead atoms. The van der Waals surface area contributed by atoms with Crippen molar-refractivity contribution >= 4 is 5.97 Å². The van der Waals surface area contributed by atoms with Gasteiger partial charge >= 0.3 is 5.97 Å². The van der Waals surface area contributed by atoms with E-state index < -0.39 is 5.97 Å². The molecule has 0 heterocycles. The Bertz CT molecular complexity index is 368. The van der Waals surface area contributed by atoms with Crippen LogP contribution < -0.4 is 0 Å². The normalized spacial score (nSPS) is 8.93. The summed E-state index contributed by atoms with van der Waals surface area (Å²) in [7, 11) is 0. The van der Waals surface area contributed by atoms with Crippen LogP contribution in [0.1, 0.15) is 22.3 Å². The number of carbonyl (C=O) groups is 1. The number of benzene rings is 1. The Labute approximate surface area is 82.0 Å². The van der Waals surface area contributed by atoms with Crippen molar-refractivity contribution in [3.8, 4) is 11.8 Å². The largest absolute Gasteiger partial charge is 0.478 e. The molecule has 0 aromatic heterocycles. The smallest absolute Gasteiger partial charge is 0.335 e. The summed E-state index contributed by atoms with van der Waals surface area (Å²) in [6.45, 7) is 0.0419. The molecule has 0 fully saturated rings. The van der Waals surface area contributed by atoms with Gasteiger partial charge in [-0.05, 0) is 24.3 Å². The zero-order valence-corrected chi connectivity index (χ0v) is 7.53. The highest BCUT2D eigenvalue weighted by atomic mass is 16.4. The second-order valence-electron chi connectivity index (χ2n) is 2.66. The van der Waals surface area contributed by atoms with E-state index in [9.17, 15) is 4.79 Å². The van der Waals surface area contributed by atoms with Gasteiger partial charge < -0.3 is 10.2 Å². The van der Waals surface area contributed by atoms with Gasteiger partial charge in [-0.25, -0.2) is 4.79 Å². The molecule has 2 N–H and O–H groups in total. The van der Waals surface area contributed by atoms with Gasteiger partial charge in [-0.15, -0.1) is 0 Å². The molecule has 0 saturated carbocycles. The average Bonchev–Trinajstić information content (AvgIpc) is 2.19. The van der Waals surface area contributed by atoms with Gasteiger partial charge in [-0.1, -0.05) is 11.8 Å². The summed E-state index contributed by atoms with van der Waals surface area (Å²) >= 11 is 0. The molecule has 14 heavy (non-hydrogen) atoms. The van der Waals surface area contributed by atoms with Crippen molar-refractivity contribution in [2.45, 2.75) is 6.42 Å². The third-order valence-electron chi connectivity index (χ3n) is 1.60. The van der Waals surface area contributed by atoms with E-state index in [1.54, 1.807) is 12.1 Å². The highest BCUT2D eigenvalue weighted by Crippen LogP contribution is 2.02. The van der Waals surface area contributed by atoms with Gasteiger partial charge in [0, 0.05) is 12.0 Å². The lowest BCUT2D eigenvalue weighted by Crippen LogP contribution is -1.94. The van der Waals surface area contributed by atoms with E-state index >= 15 is 0 Å². The van der Waals surface area contributed by atoms with E-state index in [0.717, 1.165) is 5.56 Å². The fourth-order valence-corrected chi connectivity index (χ4v) is 0.917. The van der Waals surface area contributed by atoms with E-state index in [4.69, 9.17) is 10.2 Å². The maximum absolute atomic E-state index is 10.5. The zero-order chi connectivity index (χ0) is 10.4. The predicted molar refractivity (Wildman–Crippen MR) is 52.0 cm³/mol. The summed E-state index contributed by atoms with van der Waals surface area (Å²) in [4.78, 5) is 10.5. The van der Waals surface area contributed by atoms with Gasteiger partial charge in [-0.2, -0.15) is 0 Å². The topological polar surface area (TPSA) is 57.5 Å². The Morgan fingerprint density at radius 2 is 1.93 bits per heavy atom. The Balaban J connectivity index is 2.75. The number of aliphatic hydroxyl groups excluding tert-OH is 1. The van der Waals surface area contributed by atoms with Gasteiger partial charge in [0.15, 0.2) is 0 Å². The first kappa shape index (κ1) is 10.3. The molecular weight excluding hydrogens is 180 g/mol. The third kappa shape index (κ3) is 2.92. The molecule has 0 saturated heterocycles. The van der Waals surface area contributed by atoms with Crippen molar-refractivity contribution in [3.05, 3.63) is 35.4 Å². The van der Waals surface area contributed by atoms with Crippen LogP contribution in [-0.2, 0) is 0 Å². The zero-order valence-electron chi connectivity index (χ0n) is 7.53. The van der Waals surface area contributed by atoms with Crippen molar-refractivity contribution < 1.29 is 15.0 Å². The van der Waals surface area contributed by atoms with Gasteiger partial charge in [0.05, 0.1) is 12.2 Å². The van der Waals surface area contributed by atoms with Crippen molar-refractivity contribution in [3.63, 3.8) is 0 Å². The van der Waals surface area contributed by atoms with Crippen LogP contribution >= 0.6 is 0 Å². The molecule has 3 heteroatoms. The number of aliphatic hydroxyl groups is 1. The van der Waals surface area contributed by atoms with Gasteiger partial charge in [0.25, 0.3) is 0 Å². The first-order chi connectivity index (χ1) is 6.74. The van der Waals surface area contributed by atoms with Gasteiger partial charge in [0.1, 0.15) is 0 Å². The number of carboxylic acid groups (broad SMARTS) is 1.